The highest BCUT2D eigenvalue weighted by Crippen LogP contribution is 2.13. The summed E-state index contributed by atoms with van der Waals surface area (Å²) in [6, 6.07) is 14.5. The van der Waals surface area contributed by atoms with Crippen molar-refractivity contribution in [2.45, 2.75) is 20.8 Å². The molecular weight excluding hydrogens is 316 g/mol. The summed E-state index contributed by atoms with van der Waals surface area (Å²) in [6.45, 7) is 7.39. The molecule has 0 unspecified atom stereocenters. The number of hydrazone groups is 1. The Balaban J connectivity index is 1.86. The zero-order valence-corrected chi connectivity index (χ0v) is 14.9. The zero-order chi connectivity index (χ0) is 18.1. The third-order valence-corrected chi connectivity index (χ3v) is 3.27. The maximum Gasteiger partial charge on any atom is 0.271 e. The second kappa shape index (κ2) is 9.47. The molecule has 0 saturated heterocycles. The van der Waals surface area contributed by atoms with Crippen molar-refractivity contribution in [2.24, 2.45) is 11.0 Å². The number of nitrogens with zero attached hydrogens (tertiary/aromatic N) is 1. The maximum atomic E-state index is 12.1. The van der Waals surface area contributed by atoms with Crippen LogP contribution in [-0.2, 0) is 0 Å². The van der Waals surface area contributed by atoms with E-state index in [-0.39, 0.29) is 5.91 Å². The molecule has 0 aliphatic heterocycles. The van der Waals surface area contributed by atoms with E-state index < -0.39 is 0 Å². The summed E-state index contributed by atoms with van der Waals surface area (Å²) >= 11 is 0. The SMILES string of the molecule is CCOc1ccc(/C=N/NC(=O)c2ccc(OCC(C)C)cc2)cc1. The molecule has 0 fully saturated rings. The first kappa shape index (κ1) is 18.5. The largest absolute Gasteiger partial charge is 0.494 e. The third-order valence-electron chi connectivity index (χ3n) is 3.27. The van der Waals surface area contributed by atoms with Crippen LogP contribution in [0.4, 0.5) is 0 Å². The van der Waals surface area contributed by atoms with Gasteiger partial charge < -0.3 is 9.47 Å². The molecule has 0 aliphatic rings. The van der Waals surface area contributed by atoms with Crippen molar-refractivity contribution in [2.75, 3.05) is 13.2 Å². The van der Waals surface area contributed by atoms with Crippen LogP contribution in [0.2, 0.25) is 0 Å². The summed E-state index contributed by atoms with van der Waals surface area (Å²) in [6.07, 6.45) is 1.59. The fourth-order valence-electron chi connectivity index (χ4n) is 2.01. The number of hydrogen-bond acceptors (Lipinski definition) is 4. The van der Waals surface area contributed by atoms with E-state index in [2.05, 4.69) is 24.4 Å². The number of benzene rings is 2. The van der Waals surface area contributed by atoms with Crippen LogP contribution in [0.25, 0.3) is 0 Å². The molecule has 0 atom stereocenters. The Kier molecular flexibility index (Phi) is 7.01. The smallest absolute Gasteiger partial charge is 0.271 e. The van der Waals surface area contributed by atoms with Crippen molar-refractivity contribution in [1.29, 1.82) is 0 Å². The lowest BCUT2D eigenvalue weighted by Crippen LogP contribution is -2.17. The number of amides is 1. The van der Waals surface area contributed by atoms with Gasteiger partial charge in [-0.05, 0) is 66.9 Å². The molecule has 2 aromatic carbocycles. The number of carbonyl (C=O) groups excluding carboxylic acids is 1. The molecule has 0 heterocycles. The van der Waals surface area contributed by atoms with E-state index in [1.54, 1.807) is 30.5 Å². The molecule has 5 nitrogen and oxygen atoms in total. The number of nitrogens with one attached hydrogen (secondary N) is 1. The quantitative estimate of drug-likeness (QED) is 0.586. The molecule has 25 heavy (non-hydrogen) atoms. The Hall–Kier alpha value is -2.82. The maximum absolute atomic E-state index is 12.1. The van der Waals surface area contributed by atoms with Gasteiger partial charge in [-0.15, -0.1) is 0 Å². The lowest BCUT2D eigenvalue weighted by Gasteiger charge is -2.08. The van der Waals surface area contributed by atoms with Gasteiger partial charge in [0.2, 0.25) is 0 Å². The summed E-state index contributed by atoms with van der Waals surface area (Å²) in [5, 5.41) is 3.98. The molecule has 2 aromatic rings. The Morgan fingerprint density at radius 1 is 1.04 bits per heavy atom. The van der Waals surface area contributed by atoms with E-state index in [9.17, 15) is 4.79 Å². The highest BCUT2D eigenvalue weighted by atomic mass is 16.5. The lowest BCUT2D eigenvalue weighted by atomic mass is 10.2. The molecule has 1 amide bonds. The summed E-state index contributed by atoms with van der Waals surface area (Å²) in [5.41, 5.74) is 3.92. The van der Waals surface area contributed by atoms with Crippen molar-refractivity contribution in [3.63, 3.8) is 0 Å². The number of carbonyl (C=O) groups is 1. The highest BCUT2D eigenvalue weighted by molar-refractivity contribution is 5.95. The predicted octanol–water partition coefficient (Wildman–Crippen LogP) is 3.88. The van der Waals surface area contributed by atoms with Crippen LogP contribution in [-0.4, -0.2) is 25.3 Å². The van der Waals surface area contributed by atoms with Crippen molar-refractivity contribution in [3.05, 3.63) is 59.7 Å². The van der Waals surface area contributed by atoms with Crippen molar-refractivity contribution in [1.82, 2.24) is 5.43 Å². The minimum Gasteiger partial charge on any atom is -0.494 e. The van der Waals surface area contributed by atoms with Gasteiger partial charge in [0, 0.05) is 5.56 Å². The van der Waals surface area contributed by atoms with Crippen LogP contribution in [0.15, 0.2) is 53.6 Å². The Morgan fingerprint density at radius 3 is 2.24 bits per heavy atom. The summed E-state index contributed by atoms with van der Waals surface area (Å²) < 4.78 is 11.0. The van der Waals surface area contributed by atoms with Gasteiger partial charge in [0.15, 0.2) is 0 Å². The first-order valence-corrected chi connectivity index (χ1v) is 8.37. The molecular formula is C20H24N2O3. The van der Waals surface area contributed by atoms with Crippen LogP contribution < -0.4 is 14.9 Å². The van der Waals surface area contributed by atoms with Crippen LogP contribution in [0.5, 0.6) is 11.5 Å². The van der Waals surface area contributed by atoms with E-state index in [0.29, 0.717) is 24.7 Å². The standard InChI is InChI=1S/C20H24N2O3/c1-4-24-18-9-5-16(6-10-18)13-21-22-20(23)17-7-11-19(12-8-17)25-14-15(2)3/h5-13,15H,4,14H2,1-3H3,(H,22,23)/b21-13+. The van der Waals surface area contributed by atoms with E-state index in [1.165, 1.54) is 0 Å². The van der Waals surface area contributed by atoms with E-state index >= 15 is 0 Å². The van der Waals surface area contributed by atoms with E-state index in [0.717, 1.165) is 17.1 Å². The van der Waals surface area contributed by atoms with E-state index in [4.69, 9.17) is 9.47 Å². The molecule has 1 N–H and O–H groups in total. The van der Waals surface area contributed by atoms with Gasteiger partial charge in [-0.1, -0.05) is 13.8 Å². The Labute approximate surface area is 148 Å². The van der Waals surface area contributed by atoms with Gasteiger partial charge in [0.25, 0.3) is 5.91 Å². The second-order valence-corrected chi connectivity index (χ2v) is 5.93. The van der Waals surface area contributed by atoms with Gasteiger partial charge in [0.1, 0.15) is 11.5 Å². The molecule has 0 aromatic heterocycles. The zero-order valence-electron chi connectivity index (χ0n) is 14.9. The first-order chi connectivity index (χ1) is 12.1. The molecule has 0 saturated carbocycles. The van der Waals surface area contributed by atoms with Crippen molar-refractivity contribution >= 4 is 12.1 Å². The predicted molar refractivity (Wildman–Crippen MR) is 99.4 cm³/mol. The summed E-state index contributed by atoms with van der Waals surface area (Å²) in [7, 11) is 0. The van der Waals surface area contributed by atoms with Crippen molar-refractivity contribution in [3.8, 4) is 11.5 Å². The Bertz CT molecular complexity index is 692. The fraction of sp³-hybridized carbons (Fsp3) is 0.300. The number of rotatable bonds is 8. The van der Waals surface area contributed by atoms with Gasteiger partial charge in [-0.2, -0.15) is 5.10 Å². The van der Waals surface area contributed by atoms with Crippen LogP contribution in [0, 0.1) is 5.92 Å². The number of hydrogen-bond donors (Lipinski definition) is 1. The molecule has 132 valence electrons. The van der Waals surface area contributed by atoms with Crippen LogP contribution >= 0.6 is 0 Å². The minimum absolute atomic E-state index is 0.266. The van der Waals surface area contributed by atoms with E-state index in [1.807, 2.05) is 31.2 Å². The lowest BCUT2D eigenvalue weighted by molar-refractivity contribution is 0.0955. The van der Waals surface area contributed by atoms with Gasteiger partial charge in [-0.25, -0.2) is 5.43 Å². The molecule has 0 aliphatic carbocycles. The van der Waals surface area contributed by atoms with Crippen LogP contribution in [0.1, 0.15) is 36.7 Å². The normalized spacial score (nSPS) is 10.9. The molecule has 0 spiro atoms. The molecule has 5 heteroatoms. The van der Waals surface area contributed by atoms with Gasteiger partial charge in [0.05, 0.1) is 19.4 Å². The summed E-state index contributed by atoms with van der Waals surface area (Å²) in [5.74, 6) is 1.75. The average molecular weight is 340 g/mol. The monoisotopic (exact) mass is 340 g/mol. The van der Waals surface area contributed by atoms with Crippen molar-refractivity contribution < 1.29 is 14.3 Å². The van der Waals surface area contributed by atoms with Crippen LogP contribution in [0.3, 0.4) is 0 Å². The fourth-order valence-corrected chi connectivity index (χ4v) is 2.01. The topological polar surface area (TPSA) is 59.9 Å². The number of ether oxygens (including phenoxy) is 2. The first-order valence-electron chi connectivity index (χ1n) is 8.37. The second-order valence-electron chi connectivity index (χ2n) is 5.93. The third kappa shape index (κ3) is 6.30. The average Bonchev–Trinajstić information content (AvgIpc) is 2.62. The Morgan fingerprint density at radius 2 is 1.64 bits per heavy atom. The summed E-state index contributed by atoms with van der Waals surface area (Å²) in [4.78, 5) is 12.1. The molecule has 0 radical (unpaired) electrons. The molecule has 0 bridgehead atoms. The van der Waals surface area contributed by atoms with Gasteiger partial charge in [-0.3, -0.25) is 4.79 Å². The van der Waals surface area contributed by atoms with Gasteiger partial charge >= 0.3 is 0 Å². The molecule has 2 rings (SSSR count). The highest BCUT2D eigenvalue weighted by Gasteiger charge is 2.04. The minimum atomic E-state index is -0.266.